The second kappa shape index (κ2) is 13.6. The van der Waals surface area contributed by atoms with E-state index in [4.69, 9.17) is 26.3 Å². The van der Waals surface area contributed by atoms with Gasteiger partial charge >= 0.3 is 0 Å². The summed E-state index contributed by atoms with van der Waals surface area (Å²) in [4.78, 5) is 25.3. The van der Waals surface area contributed by atoms with Crippen LogP contribution in [0.5, 0.6) is 11.5 Å². The molecule has 10 heteroatoms. The number of carbonyl (C=O) groups excluding carboxylic acids is 2. The topological polar surface area (TPSA) is 113 Å². The fourth-order valence-electron chi connectivity index (χ4n) is 3.39. The summed E-state index contributed by atoms with van der Waals surface area (Å²) in [5.74, 6) is -0.0427. The summed E-state index contributed by atoms with van der Waals surface area (Å²) in [6.45, 7) is 3.94. The molecule has 0 spiro atoms. The van der Waals surface area contributed by atoms with Gasteiger partial charge in [-0.1, -0.05) is 37.6 Å². The predicted molar refractivity (Wildman–Crippen MR) is 149 cm³/mol. The molecule has 0 aliphatic heterocycles. The first-order valence-corrected chi connectivity index (χ1v) is 12.8. The first kappa shape index (κ1) is 28.7. The molecule has 0 radical (unpaired) electrons. The number of carbonyl (C=O) groups is 2. The fraction of sp³-hybridized carbons (Fsp3) is 0.214. The van der Waals surface area contributed by atoms with Gasteiger partial charge in [0.2, 0.25) is 0 Å². The summed E-state index contributed by atoms with van der Waals surface area (Å²) in [5, 5.41) is 16.3. The Morgan fingerprint density at radius 1 is 1.13 bits per heavy atom. The number of nitrogens with one attached hydrogen (secondary N) is 2. The van der Waals surface area contributed by atoms with Gasteiger partial charge in [0, 0.05) is 10.6 Å². The lowest BCUT2D eigenvalue weighted by Gasteiger charge is -2.20. The van der Waals surface area contributed by atoms with Crippen LogP contribution in [0.1, 0.15) is 40.9 Å². The number of rotatable bonds is 10. The Kier molecular flexibility index (Phi) is 10.3. The minimum atomic E-state index is -0.797. The highest BCUT2D eigenvalue weighted by Crippen LogP contribution is 2.36. The van der Waals surface area contributed by atoms with Gasteiger partial charge in [0.15, 0.2) is 11.5 Å². The Balaban J connectivity index is 1.65. The van der Waals surface area contributed by atoms with E-state index in [9.17, 15) is 9.59 Å². The molecule has 0 saturated carbocycles. The lowest BCUT2D eigenvalue weighted by molar-refractivity contribution is -0.123. The maximum absolute atomic E-state index is 12.8. The molecule has 8 nitrogen and oxygen atoms in total. The van der Waals surface area contributed by atoms with Crippen molar-refractivity contribution in [3.8, 4) is 17.6 Å². The fourth-order valence-corrected chi connectivity index (χ4v) is 4.09. The third-order valence-corrected chi connectivity index (χ3v) is 6.29. The van der Waals surface area contributed by atoms with E-state index >= 15 is 0 Å². The number of amides is 2. The molecular weight excluding hydrogens is 572 g/mol. The molecule has 3 aromatic rings. The Hall–Kier alpha value is -3.87. The van der Waals surface area contributed by atoms with Crippen LogP contribution in [0.25, 0.3) is 0 Å². The van der Waals surface area contributed by atoms with Crippen molar-refractivity contribution < 1.29 is 19.1 Å². The van der Waals surface area contributed by atoms with Crippen LogP contribution < -0.4 is 20.2 Å². The molecule has 2 N–H and O–H groups in total. The maximum atomic E-state index is 12.8. The summed E-state index contributed by atoms with van der Waals surface area (Å²) in [6.07, 6.45) is 1.47. The average Bonchev–Trinajstić information content (AvgIpc) is 2.91. The molecule has 1 atom stereocenters. The van der Waals surface area contributed by atoms with Gasteiger partial charge in [-0.2, -0.15) is 10.4 Å². The predicted octanol–water partition coefficient (Wildman–Crippen LogP) is 5.47. The van der Waals surface area contributed by atoms with Crippen LogP contribution in [-0.4, -0.2) is 31.2 Å². The summed E-state index contributed by atoms with van der Waals surface area (Å²) in [6, 6.07) is 18.3. The number of hydrogen-bond acceptors (Lipinski definition) is 6. The third kappa shape index (κ3) is 7.81. The minimum Gasteiger partial charge on any atom is -0.493 e. The molecule has 3 aromatic carbocycles. The molecule has 0 saturated heterocycles. The van der Waals surface area contributed by atoms with Crippen molar-refractivity contribution in [3.05, 3.63) is 92.4 Å². The van der Waals surface area contributed by atoms with Crippen LogP contribution in [-0.2, 0) is 11.4 Å². The quantitative estimate of drug-likeness (QED) is 0.238. The zero-order valence-electron chi connectivity index (χ0n) is 21.0. The molecular formula is C28H26BrClN4O4. The molecule has 0 heterocycles. The van der Waals surface area contributed by atoms with Crippen molar-refractivity contribution >= 4 is 45.6 Å². The van der Waals surface area contributed by atoms with E-state index in [1.54, 1.807) is 48.5 Å². The van der Waals surface area contributed by atoms with E-state index < -0.39 is 11.9 Å². The molecule has 0 aromatic heterocycles. The maximum Gasteiger partial charge on any atom is 0.262 e. The molecule has 0 aliphatic rings. The largest absolute Gasteiger partial charge is 0.493 e. The first-order chi connectivity index (χ1) is 18.2. The van der Waals surface area contributed by atoms with E-state index in [0.29, 0.717) is 37.7 Å². The Morgan fingerprint density at radius 2 is 1.82 bits per heavy atom. The van der Waals surface area contributed by atoms with Crippen LogP contribution in [0.4, 0.5) is 0 Å². The van der Waals surface area contributed by atoms with Gasteiger partial charge < -0.3 is 14.8 Å². The lowest BCUT2D eigenvalue weighted by Crippen LogP contribution is -2.48. The van der Waals surface area contributed by atoms with E-state index in [-0.39, 0.29) is 18.4 Å². The first-order valence-electron chi connectivity index (χ1n) is 11.6. The zero-order chi connectivity index (χ0) is 27.7. The van der Waals surface area contributed by atoms with Crippen LogP contribution in [0.3, 0.4) is 0 Å². The monoisotopic (exact) mass is 596 g/mol. The summed E-state index contributed by atoms with van der Waals surface area (Å²) in [7, 11) is 1.52. The van der Waals surface area contributed by atoms with Crippen molar-refractivity contribution in [1.82, 2.24) is 10.7 Å². The van der Waals surface area contributed by atoms with Crippen molar-refractivity contribution in [2.75, 3.05) is 7.11 Å². The third-order valence-electron chi connectivity index (χ3n) is 5.45. The van der Waals surface area contributed by atoms with Crippen molar-refractivity contribution in [3.63, 3.8) is 0 Å². The van der Waals surface area contributed by atoms with Gasteiger partial charge in [-0.3, -0.25) is 9.59 Å². The van der Waals surface area contributed by atoms with Gasteiger partial charge in [0.1, 0.15) is 12.6 Å². The van der Waals surface area contributed by atoms with E-state index in [2.05, 4.69) is 37.8 Å². The number of hydrogen-bond donors (Lipinski definition) is 2. The lowest BCUT2D eigenvalue weighted by atomic mass is 10.0. The molecule has 3 rings (SSSR count). The normalized spacial score (nSPS) is 11.6. The molecule has 196 valence electrons. The molecule has 0 bridgehead atoms. The summed E-state index contributed by atoms with van der Waals surface area (Å²) < 4.78 is 12.0. The molecule has 1 unspecified atom stereocenters. The number of nitrogens with zero attached hydrogens (tertiary/aromatic N) is 2. The standard InChI is InChI=1S/C28H26BrClN4O4/c1-17(2)25(33-27(35)21-8-10-22(30)11-9-21)28(36)34-32-15-20-12-23(29)26(24(13-20)37-3)38-16-19-6-4-18(14-31)5-7-19/h4-13,15,17,25H,16H2,1-3H3,(H,33,35)(H,34,36)/b32-15+. The van der Waals surface area contributed by atoms with E-state index in [1.807, 2.05) is 26.0 Å². The average molecular weight is 598 g/mol. The van der Waals surface area contributed by atoms with Gasteiger partial charge in [0.05, 0.1) is 29.4 Å². The Morgan fingerprint density at radius 3 is 2.42 bits per heavy atom. The number of ether oxygens (including phenoxy) is 2. The van der Waals surface area contributed by atoms with Crippen LogP contribution in [0.2, 0.25) is 5.02 Å². The van der Waals surface area contributed by atoms with Crippen LogP contribution in [0.15, 0.2) is 70.2 Å². The van der Waals surface area contributed by atoms with Gasteiger partial charge in [0.25, 0.3) is 11.8 Å². The second-order valence-corrected chi connectivity index (χ2v) is 9.86. The second-order valence-electron chi connectivity index (χ2n) is 8.57. The van der Waals surface area contributed by atoms with Crippen LogP contribution in [0, 0.1) is 17.2 Å². The van der Waals surface area contributed by atoms with E-state index in [0.717, 1.165) is 5.56 Å². The highest BCUT2D eigenvalue weighted by Gasteiger charge is 2.24. The number of hydrazone groups is 1. The van der Waals surface area contributed by atoms with Crippen molar-refractivity contribution in [2.24, 2.45) is 11.0 Å². The minimum absolute atomic E-state index is 0.178. The Labute approximate surface area is 234 Å². The number of halogens is 2. The Bertz CT molecular complexity index is 1350. The number of benzene rings is 3. The van der Waals surface area contributed by atoms with Crippen molar-refractivity contribution in [2.45, 2.75) is 26.5 Å². The van der Waals surface area contributed by atoms with Crippen molar-refractivity contribution in [1.29, 1.82) is 5.26 Å². The number of nitriles is 1. The van der Waals surface area contributed by atoms with Gasteiger partial charge in [-0.05, 0) is 81.5 Å². The SMILES string of the molecule is COc1cc(/C=N/NC(=O)C(NC(=O)c2ccc(Cl)cc2)C(C)C)cc(Br)c1OCc1ccc(C#N)cc1. The summed E-state index contributed by atoms with van der Waals surface area (Å²) >= 11 is 9.38. The molecule has 38 heavy (non-hydrogen) atoms. The smallest absolute Gasteiger partial charge is 0.262 e. The van der Waals surface area contributed by atoms with Crippen LogP contribution >= 0.6 is 27.5 Å². The zero-order valence-corrected chi connectivity index (χ0v) is 23.3. The molecule has 0 fully saturated rings. The van der Waals surface area contributed by atoms with Gasteiger partial charge in [-0.15, -0.1) is 0 Å². The molecule has 2 amide bonds. The van der Waals surface area contributed by atoms with E-state index in [1.165, 1.54) is 13.3 Å². The highest BCUT2D eigenvalue weighted by atomic mass is 79.9. The highest BCUT2D eigenvalue weighted by molar-refractivity contribution is 9.10. The van der Waals surface area contributed by atoms with Gasteiger partial charge in [-0.25, -0.2) is 5.43 Å². The number of methoxy groups -OCH3 is 1. The molecule has 0 aliphatic carbocycles. The summed E-state index contributed by atoms with van der Waals surface area (Å²) in [5.41, 5.74) is 5.01.